The third-order valence-electron chi connectivity index (χ3n) is 4.47. The van der Waals surface area contributed by atoms with Gasteiger partial charge in [-0.25, -0.2) is 0 Å². The summed E-state index contributed by atoms with van der Waals surface area (Å²) in [5.74, 6) is 0.665. The summed E-state index contributed by atoms with van der Waals surface area (Å²) in [6.07, 6.45) is 1.87. The topological polar surface area (TPSA) is 87.9 Å². The van der Waals surface area contributed by atoms with Crippen LogP contribution >= 0.6 is 23.2 Å². The van der Waals surface area contributed by atoms with Gasteiger partial charge in [0.15, 0.2) is 5.76 Å². The Labute approximate surface area is 187 Å². The molecule has 1 aromatic heterocycles. The van der Waals surface area contributed by atoms with Crippen molar-refractivity contribution in [3.8, 4) is 17.4 Å². The predicted molar refractivity (Wildman–Crippen MR) is 113 cm³/mol. The first-order valence-electron chi connectivity index (χ1n) is 9.17. The van der Waals surface area contributed by atoms with Crippen LogP contribution in [-0.4, -0.2) is 24.0 Å². The summed E-state index contributed by atoms with van der Waals surface area (Å²) in [6.45, 7) is 0. The molecule has 0 radical (unpaired) electrons. The second-order valence-electron chi connectivity index (χ2n) is 6.54. The molecule has 2 heterocycles. The zero-order valence-electron chi connectivity index (χ0n) is 16.2. The molecule has 0 amide bonds. The molecule has 0 N–H and O–H groups in total. The van der Waals surface area contributed by atoms with Gasteiger partial charge in [-0.05, 0) is 35.5 Å². The monoisotopic (exact) mass is 459 g/mol. The second kappa shape index (κ2) is 8.83. The summed E-state index contributed by atoms with van der Waals surface area (Å²) < 4.78 is 21.0. The summed E-state index contributed by atoms with van der Waals surface area (Å²) in [5, 5.41) is 4.46. The number of esters is 1. The van der Waals surface area contributed by atoms with Crippen LogP contribution in [0.15, 0.2) is 52.7 Å². The largest absolute Gasteiger partial charge is 0.479 e. The van der Waals surface area contributed by atoms with Crippen LogP contribution in [0.4, 0.5) is 0 Å². The number of halogens is 2. The number of nitrogens with zero attached hydrogens (tertiary/aromatic N) is 1. The average Bonchev–Trinajstić information content (AvgIpc) is 3.33. The third-order valence-corrected chi connectivity index (χ3v) is 5.13. The fourth-order valence-electron chi connectivity index (χ4n) is 2.93. The third kappa shape index (κ3) is 4.57. The van der Waals surface area contributed by atoms with Crippen molar-refractivity contribution in [2.75, 3.05) is 7.11 Å². The minimum absolute atomic E-state index is 0.0748. The molecule has 0 saturated carbocycles. The molecule has 0 bridgehead atoms. The smallest absolute Gasteiger partial charge is 0.311 e. The highest BCUT2D eigenvalue weighted by molar-refractivity contribution is 6.37. The van der Waals surface area contributed by atoms with E-state index in [1.54, 1.807) is 24.3 Å². The first kappa shape index (κ1) is 21.0. The molecule has 0 fully saturated rings. The molecular weight excluding hydrogens is 445 g/mol. The Balaban J connectivity index is 1.44. The maximum Gasteiger partial charge on any atom is 0.311 e. The number of aryl methyl sites for hydroxylation is 1. The molecular formula is C22H15Cl2NO6. The molecule has 0 spiro atoms. The van der Waals surface area contributed by atoms with E-state index in [0.29, 0.717) is 39.2 Å². The van der Waals surface area contributed by atoms with Gasteiger partial charge in [0, 0.05) is 34.2 Å². The van der Waals surface area contributed by atoms with E-state index in [-0.39, 0.29) is 29.5 Å². The van der Waals surface area contributed by atoms with Crippen LogP contribution < -0.4 is 14.2 Å². The number of methoxy groups -OCH3 is 1. The van der Waals surface area contributed by atoms with E-state index in [1.165, 1.54) is 31.4 Å². The number of aromatic nitrogens is 1. The van der Waals surface area contributed by atoms with E-state index >= 15 is 0 Å². The number of allylic oxidation sites excluding steroid dienone is 1. The van der Waals surface area contributed by atoms with Gasteiger partial charge in [-0.3, -0.25) is 9.59 Å². The number of carbonyl (C=O) groups excluding carboxylic acids is 2. The van der Waals surface area contributed by atoms with Crippen molar-refractivity contribution < 1.29 is 28.3 Å². The molecule has 4 rings (SSSR count). The van der Waals surface area contributed by atoms with Crippen molar-refractivity contribution >= 4 is 41.0 Å². The van der Waals surface area contributed by atoms with Gasteiger partial charge in [-0.15, -0.1) is 0 Å². The van der Waals surface area contributed by atoms with Gasteiger partial charge in [0.25, 0.3) is 5.88 Å². The lowest BCUT2D eigenvalue weighted by Crippen LogP contribution is -2.08. The maximum atomic E-state index is 12.6. The number of ether oxygens (including phenoxy) is 3. The highest BCUT2D eigenvalue weighted by Crippen LogP contribution is 2.36. The van der Waals surface area contributed by atoms with Gasteiger partial charge in [0.05, 0.1) is 19.1 Å². The van der Waals surface area contributed by atoms with Gasteiger partial charge >= 0.3 is 5.97 Å². The lowest BCUT2D eigenvalue weighted by atomic mass is 10.1. The van der Waals surface area contributed by atoms with Crippen LogP contribution in [0, 0.1) is 0 Å². The standard InChI is InChI=1S/C22H15Cl2NO6/c1-28-20-10-13(31-25-20)6-8-21(26)29-12-5-7-14-18(9-12)30-19(22(14)27)11-15-16(23)3-2-4-17(15)24/h2-5,7,9-11H,6,8H2,1H3/b19-11-. The van der Waals surface area contributed by atoms with Crippen LogP contribution in [0.3, 0.4) is 0 Å². The van der Waals surface area contributed by atoms with Crippen molar-refractivity contribution in [1.29, 1.82) is 0 Å². The quantitative estimate of drug-likeness (QED) is 0.286. The Kier molecular flexibility index (Phi) is 5.97. The van der Waals surface area contributed by atoms with Crippen molar-refractivity contribution in [3.05, 3.63) is 75.2 Å². The summed E-state index contributed by atoms with van der Waals surface area (Å²) in [7, 11) is 1.47. The normalized spacial score (nSPS) is 13.8. The van der Waals surface area contributed by atoms with Crippen molar-refractivity contribution in [2.45, 2.75) is 12.8 Å². The highest BCUT2D eigenvalue weighted by atomic mass is 35.5. The molecule has 158 valence electrons. The number of rotatable bonds is 6. The Bertz CT molecular complexity index is 1180. The number of ketones is 1. The van der Waals surface area contributed by atoms with E-state index in [0.717, 1.165) is 0 Å². The first-order chi connectivity index (χ1) is 14.9. The van der Waals surface area contributed by atoms with Crippen LogP contribution in [0.5, 0.6) is 17.4 Å². The summed E-state index contributed by atoms with van der Waals surface area (Å²) in [4.78, 5) is 24.8. The fourth-order valence-corrected chi connectivity index (χ4v) is 3.43. The van der Waals surface area contributed by atoms with Crippen LogP contribution in [-0.2, 0) is 11.2 Å². The van der Waals surface area contributed by atoms with Gasteiger partial charge in [0.1, 0.15) is 17.3 Å². The molecule has 3 aromatic rings. The Morgan fingerprint density at radius 2 is 1.94 bits per heavy atom. The van der Waals surface area contributed by atoms with Crippen LogP contribution in [0.2, 0.25) is 10.0 Å². The van der Waals surface area contributed by atoms with Gasteiger partial charge in [0.2, 0.25) is 5.78 Å². The van der Waals surface area contributed by atoms with Crippen molar-refractivity contribution in [2.24, 2.45) is 0 Å². The Hall–Kier alpha value is -3.29. The molecule has 0 aliphatic carbocycles. The maximum absolute atomic E-state index is 12.6. The molecule has 31 heavy (non-hydrogen) atoms. The first-order valence-corrected chi connectivity index (χ1v) is 9.93. The molecule has 7 nitrogen and oxygen atoms in total. The second-order valence-corrected chi connectivity index (χ2v) is 7.36. The summed E-state index contributed by atoms with van der Waals surface area (Å²) in [6, 6.07) is 11.2. The molecule has 2 aromatic carbocycles. The number of hydrogen-bond acceptors (Lipinski definition) is 7. The molecule has 0 unspecified atom stereocenters. The summed E-state index contributed by atoms with van der Waals surface area (Å²) >= 11 is 12.3. The zero-order valence-corrected chi connectivity index (χ0v) is 17.7. The molecule has 0 atom stereocenters. The number of carbonyl (C=O) groups is 2. The van der Waals surface area contributed by atoms with Gasteiger partial charge in [-0.2, -0.15) is 0 Å². The molecule has 9 heteroatoms. The minimum atomic E-state index is -0.474. The van der Waals surface area contributed by atoms with E-state index in [9.17, 15) is 9.59 Å². The number of hydrogen-bond donors (Lipinski definition) is 0. The molecule has 1 aliphatic heterocycles. The number of Topliss-reactive ketones (excluding diaryl/α,β-unsaturated/α-hetero) is 1. The van der Waals surface area contributed by atoms with Gasteiger partial charge in [-0.1, -0.05) is 29.3 Å². The van der Waals surface area contributed by atoms with Crippen molar-refractivity contribution in [3.63, 3.8) is 0 Å². The van der Waals surface area contributed by atoms with Crippen molar-refractivity contribution in [1.82, 2.24) is 5.16 Å². The number of benzene rings is 2. The lowest BCUT2D eigenvalue weighted by molar-refractivity contribution is -0.134. The predicted octanol–water partition coefficient (Wildman–Crippen LogP) is 5.14. The summed E-state index contributed by atoms with van der Waals surface area (Å²) in [5.41, 5.74) is 0.834. The van der Waals surface area contributed by atoms with Crippen LogP contribution in [0.1, 0.15) is 28.1 Å². The molecule has 0 saturated heterocycles. The SMILES string of the molecule is COc1cc(CCC(=O)Oc2ccc3c(c2)O/C(=C\c2c(Cl)cccc2Cl)C3=O)on1. The van der Waals surface area contributed by atoms with E-state index in [4.69, 9.17) is 41.9 Å². The fraction of sp³-hybridized carbons (Fsp3) is 0.136. The average molecular weight is 460 g/mol. The minimum Gasteiger partial charge on any atom is -0.479 e. The van der Waals surface area contributed by atoms with Crippen LogP contribution in [0.25, 0.3) is 6.08 Å². The zero-order chi connectivity index (χ0) is 22.0. The lowest BCUT2D eigenvalue weighted by Gasteiger charge is -2.05. The van der Waals surface area contributed by atoms with E-state index in [1.807, 2.05) is 0 Å². The highest BCUT2D eigenvalue weighted by Gasteiger charge is 2.28. The molecule has 1 aliphatic rings. The van der Waals surface area contributed by atoms with E-state index in [2.05, 4.69) is 5.16 Å². The Morgan fingerprint density at radius 1 is 1.16 bits per heavy atom. The number of fused-ring (bicyclic) bond motifs is 1. The Morgan fingerprint density at radius 3 is 2.65 bits per heavy atom. The van der Waals surface area contributed by atoms with E-state index < -0.39 is 5.97 Å². The van der Waals surface area contributed by atoms with Gasteiger partial charge < -0.3 is 18.7 Å².